The summed E-state index contributed by atoms with van der Waals surface area (Å²) in [6, 6.07) is 8.02. The molecule has 0 saturated heterocycles. The fourth-order valence-corrected chi connectivity index (χ4v) is 4.53. The zero-order valence-electron chi connectivity index (χ0n) is 20.8. The van der Waals surface area contributed by atoms with Crippen LogP contribution in [-0.2, 0) is 15.8 Å². The van der Waals surface area contributed by atoms with E-state index in [4.69, 9.17) is 13.9 Å². The predicted octanol–water partition coefficient (Wildman–Crippen LogP) is 7.54. The average molecular weight is 433 g/mol. The Balaban J connectivity index is 2.53. The van der Waals surface area contributed by atoms with Crippen LogP contribution in [0.4, 0.5) is 0 Å². The second-order valence-electron chi connectivity index (χ2n) is 9.99. The lowest BCUT2D eigenvalue weighted by molar-refractivity contribution is 0.0923. The first-order chi connectivity index (χ1) is 13.9. The van der Waals surface area contributed by atoms with Crippen LogP contribution in [0.1, 0.15) is 59.9 Å². The molecule has 0 saturated carbocycles. The summed E-state index contributed by atoms with van der Waals surface area (Å²) >= 11 is 0. The molecule has 170 valence electrons. The molecule has 0 N–H and O–H groups in total. The third kappa shape index (κ3) is 8.79. The van der Waals surface area contributed by atoms with Crippen molar-refractivity contribution in [1.82, 2.24) is 0 Å². The molecule has 0 aliphatic carbocycles. The van der Waals surface area contributed by atoms with Gasteiger partial charge in [-0.25, -0.2) is 0 Å². The van der Waals surface area contributed by atoms with Crippen LogP contribution in [0, 0.1) is 5.92 Å². The third-order valence-electron chi connectivity index (χ3n) is 5.99. The van der Waals surface area contributed by atoms with Crippen LogP contribution in [0.2, 0.25) is 18.1 Å². The van der Waals surface area contributed by atoms with Crippen molar-refractivity contribution in [3.63, 3.8) is 0 Å². The molecule has 1 rings (SSSR count). The topological polar surface area (TPSA) is 27.7 Å². The molecule has 2 atom stereocenters. The molecule has 0 amide bonds. The molecule has 3 nitrogen and oxygen atoms in total. The zero-order chi connectivity index (χ0) is 22.9. The first kappa shape index (κ1) is 26.7. The Morgan fingerprint density at radius 1 is 1.17 bits per heavy atom. The van der Waals surface area contributed by atoms with Crippen molar-refractivity contribution in [2.45, 2.75) is 85.2 Å². The fraction of sp³-hybridized carbons (Fsp3) is 0.615. The largest absolute Gasteiger partial charge is 0.497 e. The number of hydrogen-bond acceptors (Lipinski definition) is 3. The van der Waals surface area contributed by atoms with E-state index in [0.29, 0.717) is 12.5 Å². The quantitative estimate of drug-likeness (QED) is 0.252. The molecule has 0 aromatic heterocycles. The van der Waals surface area contributed by atoms with Crippen LogP contribution in [0.15, 0.2) is 48.1 Å². The second-order valence-corrected chi connectivity index (χ2v) is 14.8. The SMILES string of the molecule is C=C(/C=C(\C)[C@@H](CC)O[Si](C)(C)C(C)(C)C)C[C@H](C)COCc1ccc(OC)cc1. The lowest BCUT2D eigenvalue weighted by Gasteiger charge is -2.39. The van der Waals surface area contributed by atoms with Gasteiger partial charge in [0.15, 0.2) is 8.32 Å². The minimum absolute atomic E-state index is 0.171. The van der Waals surface area contributed by atoms with Crippen LogP contribution < -0.4 is 4.74 Å². The van der Waals surface area contributed by atoms with Gasteiger partial charge in [0.2, 0.25) is 0 Å². The molecule has 0 spiro atoms. The summed E-state index contributed by atoms with van der Waals surface area (Å²) in [6.07, 6.45) is 4.31. The first-order valence-corrected chi connectivity index (χ1v) is 14.0. The van der Waals surface area contributed by atoms with E-state index >= 15 is 0 Å². The highest BCUT2D eigenvalue weighted by atomic mass is 28.4. The average Bonchev–Trinajstić information content (AvgIpc) is 2.65. The first-order valence-electron chi connectivity index (χ1n) is 11.1. The Morgan fingerprint density at radius 3 is 2.27 bits per heavy atom. The summed E-state index contributed by atoms with van der Waals surface area (Å²) in [4.78, 5) is 0. The van der Waals surface area contributed by atoms with Crippen LogP contribution in [0.3, 0.4) is 0 Å². The van der Waals surface area contributed by atoms with Crippen molar-refractivity contribution >= 4 is 8.32 Å². The molecule has 0 unspecified atom stereocenters. The molecule has 30 heavy (non-hydrogen) atoms. The summed E-state index contributed by atoms with van der Waals surface area (Å²) in [6.45, 7) is 23.7. The molecule has 0 fully saturated rings. The third-order valence-corrected chi connectivity index (χ3v) is 10.5. The van der Waals surface area contributed by atoms with Crippen LogP contribution >= 0.6 is 0 Å². The Kier molecular flexibility index (Phi) is 10.6. The summed E-state index contributed by atoms with van der Waals surface area (Å²) in [7, 11) is -0.110. The van der Waals surface area contributed by atoms with Gasteiger partial charge < -0.3 is 13.9 Å². The van der Waals surface area contributed by atoms with Crippen molar-refractivity contribution in [3.05, 3.63) is 53.6 Å². The van der Waals surface area contributed by atoms with Gasteiger partial charge >= 0.3 is 0 Å². The molecular formula is C26H44O3Si. The molecule has 0 radical (unpaired) electrons. The lowest BCUT2D eigenvalue weighted by atomic mass is 9.99. The van der Waals surface area contributed by atoms with E-state index < -0.39 is 8.32 Å². The maximum atomic E-state index is 6.65. The highest BCUT2D eigenvalue weighted by Gasteiger charge is 2.39. The molecule has 0 aliphatic rings. The van der Waals surface area contributed by atoms with E-state index in [1.807, 2.05) is 24.3 Å². The normalized spacial score (nSPS) is 15.0. The minimum Gasteiger partial charge on any atom is -0.497 e. The summed E-state index contributed by atoms with van der Waals surface area (Å²) in [5, 5.41) is 0.216. The number of allylic oxidation sites excluding steroid dienone is 2. The monoisotopic (exact) mass is 432 g/mol. The maximum absolute atomic E-state index is 6.65. The lowest BCUT2D eigenvalue weighted by Crippen LogP contribution is -2.44. The van der Waals surface area contributed by atoms with Gasteiger partial charge in [-0.1, -0.05) is 65.0 Å². The summed E-state index contributed by atoms with van der Waals surface area (Å²) in [5.74, 6) is 1.29. The van der Waals surface area contributed by atoms with Gasteiger partial charge in [-0.3, -0.25) is 0 Å². The van der Waals surface area contributed by atoms with Crippen LogP contribution in [0.5, 0.6) is 5.75 Å². The van der Waals surface area contributed by atoms with E-state index in [1.165, 1.54) is 5.57 Å². The predicted molar refractivity (Wildman–Crippen MR) is 132 cm³/mol. The van der Waals surface area contributed by atoms with Crippen molar-refractivity contribution in [1.29, 1.82) is 0 Å². The number of ether oxygens (including phenoxy) is 2. The number of hydrogen-bond donors (Lipinski definition) is 0. The number of benzene rings is 1. The molecular weight excluding hydrogens is 388 g/mol. The van der Waals surface area contributed by atoms with E-state index in [9.17, 15) is 0 Å². The van der Waals surface area contributed by atoms with Gasteiger partial charge in [0, 0.05) is 6.61 Å². The van der Waals surface area contributed by atoms with Gasteiger partial charge in [-0.15, -0.1) is 0 Å². The van der Waals surface area contributed by atoms with E-state index in [1.54, 1.807) is 7.11 Å². The molecule has 0 bridgehead atoms. The Bertz CT molecular complexity index is 683. The molecule has 1 aromatic rings. The van der Waals surface area contributed by atoms with Crippen LogP contribution in [-0.4, -0.2) is 28.1 Å². The van der Waals surface area contributed by atoms with Gasteiger partial charge in [-0.2, -0.15) is 0 Å². The van der Waals surface area contributed by atoms with Crippen molar-refractivity contribution in [2.75, 3.05) is 13.7 Å². The smallest absolute Gasteiger partial charge is 0.192 e. The molecule has 0 heterocycles. The Morgan fingerprint density at radius 2 is 1.77 bits per heavy atom. The van der Waals surface area contributed by atoms with Crippen molar-refractivity contribution in [3.8, 4) is 5.75 Å². The van der Waals surface area contributed by atoms with Gasteiger partial charge in [0.25, 0.3) is 0 Å². The Hall–Kier alpha value is -1.36. The van der Waals surface area contributed by atoms with Crippen molar-refractivity contribution in [2.24, 2.45) is 5.92 Å². The summed E-state index contributed by atoms with van der Waals surface area (Å²) < 4.78 is 17.7. The molecule has 4 heteroatoms. The Labute approximate surface area is 186 Å². The summed E-state index contributed by atoms with van der Waals surface area (Å²) in [5.41, 5.74) is 3.58. The molecule has 1 aromatic carbocycles. The minimum atomic E-state index is -1.79. The maximum Gasteiger partial charge on any atom is 0.192 e. The highest BCUT2D eigenvalue weighted by molar-refractivity contribution is 6.74. The number of methoxy groups -OCH3 is 1. The van der Waals surface area contributed by atoms with Crippen molar-refractivity contribution < 1.29 is 13.9 Å². The van der Waals surface area contributed by atoms with E-state index in [2.05, 4.69) is 67.3 Å². The second kappa shape index (κ2) is 11.9. The van der Waals surface area contributed by atoms with E-state index in [0.717, 1.165) is 36.3 Å². The van der Waals surface area contributed by atoms with E-state index in [-0.39, 0.29) is 11.1 Å². The van der Waals surface area contributed by atoms with Crippen LogP contribution in [0.25, 0.3) is 0 Å². The van der Waals surface area contributed by atoms with Gasteiger partial charge in [0.05, 0.1) is 19.8 Å². The fourth-order valence-electron chi connectivity index (χ4n) is 3.11. The van der Waals surface area contributed by atoms with Gasteiger partial charge in [-0.05, 0) is 67.1 Å². The standard InChI is InChI=1S/C26H44O3Si/c1-11-25(29-30(9,10)26(5,6)7)22(4)17-20(2)16-21(3)18-28-19-23-12-14-24(27-8)15-13-23/h12-15,17,21,25H,2,11,16,18-19H2,1,3-10H3/b22-17+/t21-,25+/m0/s1. The number of rotatable bonds is 12. The zero-order valence-corrected chi connectivity index (χ0v) is 21.8. The van der Waals surface area contributed by atoms with Gasteiger partial charge in [0.1, 0.15) is 5.75 Å². The molecule has 0 aliphatic heterocycles. The highest BCUT2D eigenvalue weighted by Crippen LogP contribution is 2.38.